The molecule has 0 aliphatic heterocycles. The summed E-state index contributed by atoms with van der Waals surface area (Å²) in [4.78, 5) is 33.5. The van der Waals surface area contributed by atoms with Crippen LogP contribution < -0.4 is 5.32 Å². The zero-order valence-corrected chi connectivity index (χ0v) is 23.5. The minimum Gasteiger partial charge on any atom is -0.481 e. The Morgan fingerprint density at radius 3 is 2.35 bits per heavy atom. The van der Waals surface area contributed by atoms with Gasteiger partial charge in [0.15, 0.2) is 0 Å². The number of amides is 1. The van der Waals surface area contributed by atoms with Gasteiger partial charge in [0.1, 0.15) is 0 Å². The van der Waals surface area contributed by atoms with Gasteiger partial charge in [0.25, 0.3) is 5.91 Å². The Kier molecular flexibility index (Phi) is 9.34. The molecule has 6 nitrogen and oxygen atoms in total. The fourth-order valence-electron chi connectivity index (χ4n) is 3.99. The maximum atomic E-state index is 12.9. The molecule has 0 saturated heterocycles. The molecule has 2 N–H and O–H groups in total. The fourth-order valence-corrected chi connectivity index (χ4v) is 4.84. The molecule has 0 atom stereocenters. The Labute approximate surface area is 238 Å². The third-order valence-corrected chi connectivity index (χ3v) is 7.15. The van der Waals surface area contributed by atoms with E-state index < -0.39 is 5.97 Å². The number of carboxylic acids is 1. The molecule has 4 rings (SSSR count). The predicted octanol–water partition coefficient (Wildman–Crippen LogP) is 7.27. The topological polar surface area (TPSA) is 92.2 Å². The highest BCUT2D eigenvalue weighted by Gasteiger charge is 2.14. The number of rotatable bonds is 10. The number of carbonyl (C=O) groups excluding carboxylic acids is 1. The molecule has 9 heteroatoms. The first-order valence-corrected chi connectivity index (χ1v) is 14.0. The fraction of sp³-hybridized carbons (Fsp3) is 0.214. The number of hydrogen-bond acceptors (Lipinski definition) is 4. The van der Waals surface area contributed by atoms with Gasteiger partial charge in [0, 0.05) is 38.6 Å². The average Bonchev–Trinajstić information content (AvgIpc) is 2.89. The average molecular weight is 648 g/mol. The third kappa shape index (κ3) is 7.40. The number of hydrogen-bond donors (Lipinski definition) is 2. The zero-order chi connectivity index (χ0) is 26.4. The summed E-state index contributed by atoms with van der Waals surface area (Å²) in [5.74, 6) is -1.04. The van der Waals surface area contributed by atoms with E-state index in [1.807, 2.05) is 30.3 Å². The van der Waals surface area contributed by atoms with Gasteiger partial charge in [-0.3, -0.25) is 9.59 Å². The van der Waals surface area contributed by atoms with E-state index in [0.717, 1.165) is 32.5 Å². The van der Waals surface area contributed by atoms with Crippen molar-refractivity contribution in [3.8, 4) is 11.3 Å². The Hall–Kier alpha value is -2.75. The molecule has 1 heterocycles. The van der Waals surface area contributed by atoms with Crippen LogP contribution in [0.2, 0.25) is 10.0 Å². The van der Waals surface area contributed by atoms with Crippen molar-refractivity contribution in [1.82, 2.24) is 15.3 Å². The van der Waals surface area contributed by atoms with Crippen LogP contribution in [0, 0.1) is 0 Å². The summed E-state index contributed by atoms with van der Waals surface area (Å²) in [6.45, 7) is 0.358. The van der Waals surface area contributed by atoms with E-state index in [0.29, 0.717) is 52.4 Å². The number of aliphatic carboxylic acids is 1. The molecular formula is C28H24Cl2IN3O3. The van der Waals surface area contributed by atoms with Crippen LogP contribution in [0.1, 0.15) is 46.4 Å². The van der Waals surface area contributed by atoms with Gasteiger partial charge < -0.3 is 10.4 Å². The number of nitrogens with zero attached hydrogens (tertiary/aromatic N) is 2. The molecule has 0 fully saturated rings. The SMILES string of the molecule is O=C(O)CCCCc1nc2cc(C(=O)NCc3cc(Cl)cc(CI)c3)ccc2nc1-c1ccc(Cl)cc1. The summed E-state index contributed by atoms with van der Waals surface area (Å²) in [7, 11) is 0. The van der Waals surface area contributed by atoms with Crippen LogP contribution in [0.5, 0.6) is 0 Å². The highest BCUT2D eigenvalue weighted by atomic mass is 127. The number of aryl methyl sites for hydroxylation is 1. The number of carbonyl (C=O) groups is 2. The minimum absolute atomic E-state index is 0.105. The molecule has 1 amide bonds. The van der Waals surface area contributed by atoms with Crippen molar-refractivity contribution in [3.63, 3.8) is 0 Å². The van der Waals surface area contributed by atoms with Gasteiger partial charge in [-0.05, 0) is 72.9 Å². The Morgan fingerprint density at radius 2 is 1.62 bits per heavy atom. The Morgan fingerprint density at radius 1 is 0.865 bits per heavy atom. The van der Waals surface area contributed by atoms with Crippen LogP contribution in [0.15, 0.2) is 60.7 Å². The second-order valence-electron chi connectivity index (χ2n) is 8.61. The van der Waals surface area contributed by atoms with Crippen molar-refractivity contribution >= 4 is 68.7 Å². The summed E-state index contributed by atoms with van der Waals surface area (Å²) >= 11 is 14.5. The standard InChI is InChI=1S/C28H24Cl2IN3O3/c29-21-8-5-19(6-9-21)27-24(3-1-2-4-26(35)36)33-25-14-20(7-10-23(25)34-27)28(37)32-16-18-11-17(15-31)12-22(30)13-18/h5-14H,1-4,15-16H2,(H,32,37)(H,35,36). The first kappa shape index (κ1) is 27.3. The summed E-state index contributed by atoms with van der Waals surface area (Å²) in [5, 5.41) is 13.2. The highest BCUT2D eigenvalue weighted by molar-refractivity contribution is 14.1. The zero-order valence-electron chi connectivity index (χ0n) is 19.8. The molecule has 37 heavy (non-hydrogen) atoms. The minimum atomic E-state index is -0.818. The summed E-state index contributed by atoms with van der Waals surface area (Å²) in [6, 6.07) is 18.4. The van der Waals surface area contributed by atoms with E-state index in [4.69, 9.17) is 38.3 Å². The molecule has 4 aromatic rings. The maximum absolute atomic E-state index is 12.9. The molecule has 3 aromatic carbocycles. The summed E-state index contributed by atoms with van der Waals surface area (Å²) in [5.41, 5.74) is 6.14. The third-order valence-electron chi connectivity index (χ3n) is 5.80. The number of unbranched alkanes of at least 4 members (excludes halogenated alkanes) is 1. The quantitative estimate of drug-likeness (QED) is 0.107. The largest absolute Gasteiger partial charge is 0.481 e. The lowest BCUT2D eigenvalue weighted by atomic mass is 10.0. The van der Waals surface area contributed by atoms with Crippen LogP contribution in [-0.4, -0.2) is 27.0 Å². The number of aromatic nitrogens is 2. The van der Waals surface area contributed by atoms with E-state index in [-0.39, 0.29) is 12.3 Å². The van der Waals surface area contributed by atoms with E-state index in [1.54, 1.807) is 30.3 Å². The van der Waals surface area contributed by atoms with Gasteiger partial charge in [-0.2, -0.15) is 0 Å². The van der Waals surface area contributed by atoms with Crippen LogP contribution in [0.25, 0.3) is 22.3 Å². The lowest BCUT2D eigenvalue weighted by Crippen LogP contribution is -2.22. The molecular weight excluding hydrogens is 624 g/mol. The van der Waals surface area contributed by atoms with Crippen molar-refractivity contribution < 1.29 is 14.7 Å². The van der Waals surface area contributed by atoms with Crippen LogP contribution >= 0.6 is 45.8 Å². The van der Waals surface area contributed by atoms with Crippen molar-refractivity contribution in [2.75, 3.05) is 0 Å². The lowest BCUT2D eigenvalue weighted by Gasteiger charge is -2.12. The number of nitrogens with one attached hydrogen (secondary N) is 1. The number of carboxylic acid groups (broad SMARTS) is 1. The van der Waals surface area contributed by atoms with Crippen LogP contribution in [-0.2, 0) is 22.2 Å². The first-order valence-electron chi connectivity index (χ1n) is 11.7. The smallest absolute Gasteiger partial charge is 0.303 e. The van der Waals surface area contributed by atoms with Crippen molar-refractivity contribution in [3.05, 3.63) is 93.1 Å². The molecule has 0 radical (unpaired) electrons. The molecule has 0 aliphatic carbocycles. The summed E-state index contributed by atoms with van der Waals surface area (Å²) < 4.78 is 0.833. The maximum Gasteiger partial charge on any atom is 0.303 e. The van der Waals surface area contributed by atoms with Crippen molar-refractivity contribution in [1.29, 1.82) is 0 Å². The van der Waals surface area contributed by atoms with E-state index in [1.165, 1.54) is 0 Å². The number of benzene rings is 3. The molecule has 0 saturated carbocycles. The van der Waals surface area contributed by atoms with Crippen molar-refractivity contribution in [2.45, 2.75) is 36.7 Å². The van der Waals surface area contributed by atoms with Crippen LogP contribution in [0.3, 0.4) is 0 Å². The van der Waals surface area contributed by atoms with E-state index >= 15 is 0 Å². The highest BCUT2D eigenvalue weighted by Crippen LogP contribution is 2.27. The van der Waals surface area contributed by atoms with Crippen LogP contribution in [0.4, 0.5) is 0 Å². The molecule has 1 aromatic heterocycles. The van der Waals surface area contributed by atoms with Gasteiger partial charge in [0.2, 0.25) is 0 Å². The normalized spacial score (nSPS) is 11.0. The van der Waals surface area contributed by atoms with Gasteiger partial charge in [-0.15, -0.1) is 0 Å². The lowest BCUT2D eigenvalue weighted by molar-refractivity contribution is -0.137. The molecule has 0 aliphatic rings. The van der Waals surface area contributed by atoms with E-state index in [2.05, 4.69) is 27.9 Å². The summed E-state index contributed by atoms with van der Waals surface area (Å²) in [6.07, 6.45) is 1.87. The van der Waals surface area contributed by atoms with E-state index in [9.17, 15) is 9.59 Å². The van der Waals surface area contributed by atoms with Gasteiger partial charge >= 0.3 is 5.97 Å². The number of fused-ring (bicyclic) bond motifs is 1. The monoisotopic (exact) mass is 647 g/mol. The molecule has 0 unspecified atom stereocenters. The molecule has 0 spiro atoms. The van der Waals surface area contributed by atoms with Gasteiger partial charge in [-0.1, -0.05) is 64.0 Å². The molecule has 0 bridgehead atoms. The van der Waals surface area contributed by atoms with Gasteiger partial charge in [-0.25, -0.2) is 9.97 Å². The first-order chi connectivity index (χ1) is 17.8. The molecule has 190 valence electrons. The second kappa shape index (κ2) is 12.7. The number of alkyl halides is 1. The van der Waals surface area contributed by atoms with Gasteiger partial charge in [0.05, 0.1) is 22.4 Å². The number of halogens is 3. The predicted molar refractivity (Wildman–Crippen MR) is 156 cm³/mol. The Bertz CT molecular complexity index is 1450. The second-order valence-corrected chi connectivity index (χ2v) is 10.2. The Balaban J connectivity index is 1.59. The van der Waals surface area contributed by atoms with Crippen molar-refractivity contribution in [2.24, 2.45) is 0 Å².